The van der Waals surface area contributed by atoms with Crippen molar-refractivity contribution in [3.63, 3.8) is 0 Å². The molecular formula is C19H15NS. The molecule has 0 unspecified atom stereocenters. The van der Waals surface area contributed by atoms with Crippen molar-refractivity contribution in [1.82, 2.24) is 4.98 Å². The smallest absolute Gasteiger partial charge is 0.0796 e. The van der Waals surface area contributed by atoms with Crippen molar-refractivity contribution >= 4 is 32.3 Å². The lowest BCUT2D eigenvalue weighted by Gasteiger charge is -2.08. The second kappa shape index (κ2) is 4.68. The minimum absolute atomic E-state index is 1.07. The van der Waals surface area contributed by atoms with E-state index in [1.54, 1.807) is 11.3 Å². The number of aryl methyl sites for hydroxylation is 2. The molecule has 0 spiro atoms. The van der Waals surface area contributed by atoms with Gasteiger partial charge in [-0.25, -0.2) is 4.98 Å². The van der Waals surface area contributed by atoms with Crippen LogP contribution in [0.15, 0.2) is 53.9 Å². The minimum atomic E-state index is 1.07. The summed E-state index contributed by atoms with van der Waals surface area (Å²) < 4.78 is 1.33. The van der Waals surface area contributed by atoms with Gasteiger partial charge in [-0.1, -0.05) is 35.4 Å². The average molecular weight is 289 g/mol. The number of para-hydroxylation sites is 1. The standard InChI is InChI=1S/C19H15NS/c1-12-9-13(2)11-14(10-12)18-16-7-8-21-19(16)15-5-3-4-6-17(15)20-18/h3-11H,1-2H3. The molecule has 0 aliphatic heterocycles. The van der Waals surface area contributed by atoms with Crippen molar-refractivity contribution in [2.75, 3.05) is 0 Å². The highest BCUT2D eigenvalue weighted by atomic mass is 32.1. The Hall–Kier alpha value is -2.19. The van der Waals surface area contributed by atoms with Crippen LogP contribution in [0.3, 0.4) is 0 Å². The summed E-state index contributed by atoms with van der Waals surface area (Å²) in [5.41, 5.74) is 5.94. The lowest BCUT2D eigenvalue weighted by atomic mass is 10.0. The normalized spacial score (nSPS) is 11.3. The summed E-state index contributed by atoms with van der Waals surface area (Å²) in [6.07, 6.45) is 0. The van der Waals surface area contributed by atoms with Gasteiger partial charge < -0.3 is 0 Å². The van der Waals surface area contributed by atoms with Gasteiger partial charge in [-0.05, 0) is 43.5 Å². The second-order valence-electron chi connectivity index (χ2n) is 5.52. The topological polar surface area (TPSA) is 12.9 Å². The molecule has 0 saturated carbocycles. The van der Waals surface area contributed by atoms with Gasteiger partial charge in [0.2, 0.25) is 0 Å². The van der Waals surface area contributed by atoms with E-state index in [0.717, 1.165) is 11.2 Å². The number of rotatable bonds is 1. The predicted octanol–water partition coefficient (Wildman–Crippen LogP) is 5.73. The highest BCUT2D eigenvalue weighted by molar-refractivity contribution is 7.18. The van der Waals surface area contributed by atoms with Gasteiger partial charge in [-0.2, -0.15) is 0 Å². The fourth-order valence-corrected chi connectivity index (χ4v) is 3.91. The van der Waals surface area contributed by atoms with Gasteiger partial charge in [-0.15, -0.1) is 11.3 Å². The van der Waals surface area contributed by atoms with Crippen molar-refractivity contribution in [2.45, 2.75) is 13.8 Å². The van der Waals surface area contributed by atoms with Gasteiger partial charge in [0, 0.05) is 21.0 Å². The number of hydrogen-bond acceptors (Lipinski definition) is 2. The number of hydrogen-bond donors (Lipinski definition) is 0. The fourth-order valence-electron chi connectivity index (χ4n) is 2.98. The molecule has 0 atom stereocenters. The Balaban J connectivity index is 2.13. The van der Waals surface area contributed by atoms with Gasteiger partial charge in [-0.3, -0.25) is 0 Å². The summed E-state index contributed by atoms with van der Waals surface area (Å²) in [5, 5.41) is 4.66. The van der Waals surface area contributed by atoms with E-state index in [0.29, 0.717) is 0 Å². The molecule has 21 heavy (non-hydrogen) atoms. The van der Waals surface area contributed by atoms with Crippen LogP contribution in [0.25, 0.3) is 32.2 Å². The molecule has 1 nitrogen and oxygen atoms in total. The first-order valence-electron chi connectivity index (χ1n) is 7.07. The molecule has 0 bridgehead atoms. The van der Waals surface area contributed by atoms with Crippen LogP contribution in [0.1, 0.15) is 11.1 Å². The molecule has 0 fully saturated rings. The van der Waals surface area contributed by atoms with Gasteiger partial charge in [0.25, 0.3) is 0 Å². The first kappa shape index (κ1) is 12.5. The summed E-state index contributed by atoms with van der Waals surface area (Å²) in [5.74, 6) is 0. The minimum Gasteiger partial charge on any atom is -0.247 e. The van der Waals surface area contributed by atoms with Crippen molar-refractivity contribution in [3.8, 4) is 11.3 Å². The highest BCUT2D eigenvalue weighted by Gasteiger charge is 2.11. The molecule has 102 valence electrons. The van der Waals surface area contributed by atoms with E-state index in [1.165, 1.54) is 32.2 Å². The Morgan fingerprint density at radius 2 is 1.62 bits per heavy atom. The first-order valence-corrected chi connectivity index (χ1v) is 7.95. The molecule has 2 heterocycles. The predicted molar refractivity (Wildman–Crippen MR) is 92.0 cm³/mol. The van der Waals surface area contributed by atoms with Crippen molar-refractivity contribution < 1.29 is 0 Å². The summed E-state index contributed by atoms with van der Waals surface area (Å²) in [6, 6.07) is 17.2. The lowest BCUT2D eigenvalue weighted by molar-refractivity contribution is 1.36. The summed E-state index contributed by atoms with van der Waals surface area (Å²) in [4.78, 5) is 4.93. The van der Waals surface area contributed by atoms with Crippen LogP contribution in [0.4, 0.5) is 0 Å². The van der Waals surface area contributed by atoms with E-state index in [9.17, 15) is 0 Å². The Morgan fingerprint density at radius 3 is 2.43 bits per heavy atom. The Labute approximate surface area is 127 Å². The zero-order valence-corrected chi connectivity index (χ0v) is 12.9. The van der Waals surface area contributed by atoms with E-state index in [4.69, 9.17) is 4.98 Å². The summed E-state index contributed by atoms with van der Waals surface area (Å²) in [7, 11) is 0. The van der Waals surface area contributed by atoms with Crippen LogP contribution in [-0.2, 0) is 0 Å². The molecule has 2 aromatic carbocycles. The van der Waals surface area contributed by atoms with Crippen molar-refractivity contribution in [2.24, 2.45) is 0 Å². The molecule has 0 radical (unpaired) electrons. The van der Waals surface area contributed by atoms with E-state index < -0.39 is 0 Å². The van der Waals surface area contributed by atoms with Crippen molar-refractivity contribution in [3.05, 3.63) is 65.0 Å². The molecule has 4 aromatic rings. The molecular weight excluding hydrogens is 274 g/mol. The molecule has 0 aliphatic rings. The number of thiophene rings is 1. The van der Waals surface area contributed by atoms with E-state index in [2.05, 4.69) is 67.8 Å². The maximum Gasteiger partial charge on any atom is 0.0796 e. The van der Waals surface area contributed by atoms with Crippen LogP contribution in [0, 0.1) is 13.8 Å². The zero-order valence-electron chi connectivity index (χ0n) is 12.1. The van der Waals surface area contributed by atoms with E-state index in [-0.39, 0.29) is 0 Å². The maximum atomic E-state index is 4.93. The van der Waals surface area contributed by atoms with Crippen LogP contribution in [0.5, 0.6) is 0 Å². The summed E-state index contributed by atoms with van der Waals surface area (Å²) >= 11 is 1.79. The summed E-state index contributed by atoms with van der Waals surface area (Å²) in [6.45, 7) is 4.28. The average Bonchev–Trinajstić information content (AvgIpc) is 2.95. The van der Waals surface area contributed by atoms with Gasteiger partial charge in [0.15, 0.2) is 0 Å². The number of benzene rings is 2. The van der Waals surface area contributed by atoms with E-state index in [1.807, 2.05) is 0 Å². The number of aromatic nitrogens is 1. The lowest BCUT2D eigenvalue weighted by Crippen LogP contribution is -1.89. The third-order valence-electron chi connectivity index (χ3n) is 3.80. The Bertz CT molecular complexity index is 946. The maximum absolute atomic E-state index is 4.93. The van der Waals surface area contributed by atoms with Crippen LogP contribution >= 0.6 is 11.3 Å². The Morgan fingerprint density at radius 1 is 0.857 bits per heavy atom. The number of pyridine rings is 1. The molecule has 4 rings (SSSR count). The quantitative estimate of drug-likeness (QED) is 0.436. The first-order chi connectivity index (χ1) is 10.2. The molecule has 2 aromatic heterocycles. The SMILES string of the molecule is Cc1cc(C)cc(-c2nc3ccccc3c3sccc23)c1. The van der Waals surface area contributed by atoms with Crippen LogP contribution in [-0.4, -0.2) is 4.98 Å². The Kier molecular flexibility index (Phi) is 2.79. The van der Waals surface area contributed by atoms with Crippen LogP contribution < -0.4 is 0 Å². The van der Waals surface area contributed by atoms with Crippen LogP contribution in [0.2, 0.25) is 0 Å². The van der Waals surface area contributed by atoms with Crippen molar-refractivity contribution in [1.29, 1.82) is 0 Å². The van der Waals surface area contributed by atoms with Gasteiger partial charge >= 0.3 is 0 Å². The fraction of sp³-hybridized carbons (Fsp3) is 0.105. The molecule has 0 amide bonds. The van der Waals surface area contributed by atoms with Gasteiger partial charge in [0.1, 0.15) is 0 Å². The molecule has 0 aliphatic carbocycles. The number of nitrogens with zero attached hydrogens (tertiary/aromatic N) is 1. The third-order valence-corrected chi connectivity index (χ3v) is 4.74. The molecule has 0 saturated heterocycles. The third kappa shape index (κ3) is 2.03. The largest absolute Gasteiger partial charge is 0.247 e. The van der Waals surface area contributed by atoms with Gasteiger partial charge in [0.05, 0.1) is 11.2 Å². The molecule has 0 N–H and O–H groups in total. The van der Waals surface area contributed by atoms with E-state index >= 15 is 0 Å². The molecule has 2 heteroatoms. The second-order valence-corrected chi connectivity index (χ2v) is 6.43. The highest BCUT2D eigenvalue weighted by Crippen LogP contribution is 2.36. The zero-order chi connectivity index (χ0) is 14.4. The number of fused-ring (bicyclic) bond motifs is 3. The monoisotopic (exact) mass is 289 g/mol.